The Bertz CT molecular complexity index is 1150. The summed E-state index contributed by atoms with van der Waals surface area (Å²) in [6.07, 6.45) is 2.17. The van der Waals surface area contributed by atoms with E-state index in [0.717, 1.165) is 5.56 Å². The van der Waals surface area contributed by atoms with E-state index >= 15 is 0 Å². The Morgan fingerprint density at radius 3 is 2.54 bits per heavy atom. The van der Waals surface area contributed by atoms with Gasteiger partial charge in [0.25, 0.3) is 0 Å². The van der Waals surface area contributed by atoms with Crippen LogP contribution in [0.5, 0.6) is 11.5 Å². The molecule has 3 aromatic rings. The van der Waals surface area contributed by atoms with Crippen molar-refractivity contribution in [3.05, 3.63) is 65.7 Å². The normalized spacial score (nSPS) is 12.0. The molecule has 35 heavy (non-hydrogen) atoms. The van der Waals surface area contributed by atoms with E-state index in [9.17, 15) is 14.4 Å². The van der Waals surface area contributed by atoms with Gasteiger partial charge in [0.1, 0.15) is 19.8 Å². The SMILES string of the molecule is O=C(CN(C(=O)CCC(=O)Nc1nccs1)c1ccc2c(c1)OCCO2)NCCc1ccccc1. The molecule has 2 aromatic carbocycles. The van der Waals surface area contributed by atoms with Crippen LogP contribution in [-0.2, 0) is 20.8 Å². The third-order valence-electron chi connectivity index (χ3n) is 5.26. The largest absolute Gasteiger partial charge is 0.486 e. The zero-order valence-electron chi connectivity index (χ0n) is 19.1. The molecular weight excluding hydrogens is 468 g/mol. The van der Waals surface area contributed by atoms with E-state index in [1.165, 1.54) is 16.2 Å². The summed E-state index contributed by atoms with van der Waals surface area (Å²) >= 11 is 1.30. The average Bonchev–Trinajstić information content (AvgIpc) is 3.39. The minimum absolute atomic E-state index is 0.0326. The number of carbonyl (C=O) groups excluding carboxylic acids is 3. The van der Waals surface area contributed by atoms with Crippen molar-refractivity contribution in [2.45, 2.75) is 19.3 Å². The summed E-state index contributed by atoms with van der Waals surface area (Å²) in [5.74, 6) is 0.133. The number of nitrogens with zero attached hydrogens (tertiary/aromatic N) is 2. The molecule has 2 heterocycles. The molecule has 0 bridgehead atoms. The number of hydrogen-bond donors (Lipinski definition) is 2. The molecule has 10 heteroatoms. The van der Waals surface area contributed by atoms with Crippen molar-refractivity contribution in [3.63, 3.8) is 0 Å². The lowest BCUT2D eigenvalue weighted by Gasteiger charge is -2.25. The molecule has 0 unspecified atom stereocenters. The zero-order valence-corrected chi connectivity index (χ0v) is 19.9. The third kappa shape index (κ3) is 7.03. The van der Waals surface area contributed by atoms with E-state index in [1.807, 2.05) is 30.3 Å². The first-order valence-electron chi connectivity index (χ1n) is 11.3. The number of fused-ring (bicyclic) bond motifs is 1. The number of carbonyl (C=O) groups is 3. The maximum Gasteiger partial charge on any atom is 0.240 e. The zero-order chi connectivity index (χ0) is 24.5. The summed E-state index contributed by atoms with van der Waals surface area (Å²) in [4.78, 5) is 43.5. The second-order valence-electron chi connectivity index (χ2n) is 7.78. The molecule has 0 saturated heterocycles. The van der Waals surface area contributed by atoms with Gasteiger partial charge >= 0.3 is 0 Å². The van der Waals surface area contributed by atoms with Crippen molar-refractivity contribution >= 4 is 39.9 Å². The monoisotopic (exact) mass is 494 g/mol. The van der Waals surface area contributed by atoms with Crippen LogP contribution in [0.15, 0.2) is 60.1 Å². The van der Waals surface area contributed by atoms with Gasteiger partial charge in [-0.15, -0.1) is 11.3 Å². The van der Waals surface area contributed by atoms with Gasteiger partial charge in [-0.1, -0.05) is 30.3 Å². The standard InChI is InChI=1S/C25H26N4O5S/c30-22(28-25-27-12-15-35-25)8-9-24(32)29(19-6-7-20-21(16-19)34-14-13-33-20)17-23(31)26-11-10-18-4-2-1-3-5-18/h1-7,12,15-16H,8-11,13-14,17H2,(H,26,31)(H,27,28,30). The molecule has 0 aliphatic carbocycles. The van der Waals surface area contributed by atoms with Crippen molar-refractivity contribution < 1.29 is 23.9 Å². The average molecular weight is 495 g/mol. The Labute approximate surface area is 207 Å². The first-order chi connectivity index (χ1) is 17.1. The van der Waals surface area contributed by atoms with Crippen LogP contribution in [0.4, 0.5) is 10.8 Å². The third-order valence-corrected chi connectivity index (χ3v) is 5.95. The minimum atomic E-state index is -0.353. The fraction of sp³-hybridized carbons (Fsp3) is 0.280. The predicted octanol–water partition coefficient (Wildman–Crippen LogP) is 3.03. The van der Waals surface area contributed by atoms with E-state index < -0.39 is 0 Å². The maximum absolute atomic E-state index is 13.1. The van der Waals surface area contributed by atoms with Crippen LogP contribution in [0, 0.1) is 0 Å². The van der Waals surface area contributed by atoms with Crippen molar-refractivity contribution in [2.75, 3.05) is 36.5 Å². The molecule has 0 radical (unpaired) electrons. The number of amides is 3. The molecule has 0 saturated carbocycles. The molecule has 0 fully saturated rings. The molecule has 1 aromatic heterocycles. The fourth-order valence-corrected chi connectivity index (χ4v) is 4.08. The summed E-state index contributed by atoms with van der Waals surface area (Å²) in [5, 5.41) is 7.76. The van der Waals surface area contributed by atoms with Crippen LogP contribution in [-0.4, -0.2) is 49.0 Å². The van der Waals surface area contributed by atoms with Gasteiger partial charge in [-0.25, -0.2) is 4.98 Å². The molecule has 0 spiro atoms. The van der Waals surface area contributed by atoms with Crippen molar-refractivity contribution in [1.29, 1.82) is 0 Å². The smallest absolute Gasteiger partial charge is 0.240 e. The summed E-state index contributed by atoms with van der Waals surface area (Å²) < 4.78 is 11.2. The van der Waals surface area contributed by atoms with Crippen molar-refractivity contribution in [2.24, 2.45) is 0 Å². The van der Waals surface area contributed by atoms with Gasteiger partial charge in [-0.05, 0) is 24.1 Å². The molecule has 4 rings (SSSR count). The number of anilines is 2. The van der Waals surface area contributed by atoms with Gasteiger partial charge in [0.15, 0.2) is 16.6 Å². The van der Waals surface area contributed by atoms with E-state index in [1.54, 1.807) is 29.8 Å². The number of rotatable bonds is 10. The molecule has 9 nitrogen and oxygen atoms in total. The summed E-state index contributed by atoms with van der Waals surface area (Å²) in [6, 6.07) is 14.9. The molecule has 1 aliphatic rings. The molecule has 2 N–H and O–H groups in total. The molecule has 0 atom stereocenters. The Hall–Kier alpha value is -3.92. The summed E-state index contributed by atoms with van der Waals surface area (Å²) in [7, 11) is 0. The van der Waals surface area contributed by atoms with Crippen molar-refractivity contribution in [3.8, 4) is 11.5 Å². The van der Waals surface area contributed by atoms with Gasteiger partial charge in [-0.3, -0.25) is 14.4 Å². The lowest BCUT2D eigenvalue weighted by molar-refractivity contribution is -0.125. The molecule has 182 valence electrons. The topological polar surface area (TPSA) is 110 Å². The van der Waals surface area contributed by atoms with Crippen molar-refractivity contribution in [1.82, 2.24) is 10.3 Å². The van der Waals surface area contributed by atoms with Gasteiger partial charge in [0.05, 0.1) is 0 Å². The van der Waals surface area contributed by atoms with Crippen LogP contribution < -0.4 is 25.0 Å². The first kappa shape index (κ1) is 24.2. The Morgan fingerprint density at radius 2 is 1.77 bits per heavy atom. The van der Waals surface area contributed by atoms with E-state index in [4.69, 9.17) is 9.47 Å². The van der Waals surface area contributed by atoms with Gasteiger partial charge in [-0.2, -0.15) is 0 Å². The number of benzene rings is 2. The van der Waals surface area contributed by atoms with Crippen LogP contribution in [0.2, 0.25) is 0 Å². The second kappa shape index (κ2) is 12.0. The number of thiazole rings is 1. The van der Waals surface area contributed by atoms with Gasteiger partial charge in [0.2, 0.25) is 17.7 Å². The highest BCUT2D eigenvalue weighted by Crippen LogP contribution is 2.34. The highest BCUT2D eigenvalue weighted by molar-refractivity contribution is 7.13. The van der Waals surface area contributed by atoms with Crippen LogP contribution in [0.25, 0.3) is 0 Å². The van der Waals surface area contributed by atoms with E-state index in [2.05, 4.69) is 15.6 Å². The number of aromatic nitrogens is 1. The van der Waals surface area contributed by atoms with Gasteiger partial charge < -0.3 is 25.0 Å². The number of hydrogen-bond acceptors (Lipinski definition) is 7. The Morgan fingerprint density at radius 1 is 0.971 bits per heavy atom. The quantitative estimate of drug-likeness (QED) is 0.448. The molecular formula is C25H26N4O5S. The lowest BCUT2D eigenvalue weighted by atomic mass is 10.1. The summed E-state index contributed by atoms with van der Waals surface area (Å²) in [6.45, 7) is 1.12. The highest BCUT2D eigenvalue weighted by Gasteiger charge is 2.22. The lowest BCUT2D eigenvalue weighted by Crippen LogP contribution is -2.41. The number of nitrogens with one attached hydrogen (secondary N) is 2. The second-order valence-corrected chi connectivity index (χ2v) is 8.67. The fourth-order valence-electron chi connectivity index (χ4n) is 3.54. The highest BCUT2D eigenvalue weighted by atomic mass is 32.1. The predicted molar refractivity (Wildman–Crippen MR) is 133 cm³/mol. The number of ether oxygens (including phenoxy) is 2. The van der Waals surface area contributed by atoms with Gasteiger partial charge in [0, 0.05) is 42.7 Å². The van der Waals surface area contributed by atoms with E-state index in [-0.39, 0.29) is 37.1 Å². The Kier molecular flexibility index (Phi) is 8.29. The van der Waals surface area contributed by atoms with Crippen LogP contribution in [0.3, 0.4) is 0 Å². The van der Waals surface area contributed by atoms with Crippen LogP contribution in [0.1, 0.15) is 18.4 Å². The maximum atomic E-state index is 13.1. The Balaban J connectivity index is 1.40. The molecule has 1 aliphatic heterocycles. The summed E-state index contributed by atoms with van der Waals surface area (Å²) in [5.41, 5.74) is 1.61. The molecule has 3 amide bonds. The minimum Gasteiger partial charge on any atom is -0.486 e. The van der Waals surface area contributed by atoms with E-state index in [0.29, 0.717) is 48.5 Å². The first-order valence-corrected chi connectivity index (χ1v) is 12.2. The van der Waals surface area contributed by atoms with Crippen LogP contribution >= 0.6 is 11.3 Å².